The molecule has 2 atom stereocenters. The van der Waals surface area contributed by atoms with Crippen LogP contribution in [0.15, 0.2) is 84.4 Å². The van der Waals surface area contributed by atoms with Crippen molar-refractivity contribution < 1.29 is 33.6 Å². The van der Waals surface area contributed by atoms with Gasteiger partial charge in [0.2, 0.25) is 11.8 Å². The molecular formula is C31H25N3O8. The molecule has 0 unspecified atom stereocenters. The summed E-state index contributed by atoms with van der Waals surface area (Å²) in [5.74, 6) is -3.34. The summed E-state index contributed by atoms with van der Waals surface area (Å²) in [7, 11) is 0. The van der Waals surface area contributed by atoms with Crippen LogP contribution in [0, 0.1) is 22.0 Å². The van der Waals surface area contributed by atoms with Crippen LogP contribution in [-0.4, -0.2) is 41.0 Å². The number of esters is 1. The summed E-state index contributed by atoms with van der Waals surface area (Å²) in [5.41, 5.74) is 1.90. The van der Waals surface area contributed by atoms with E-state index in [0.29, 0.717) is 18.5 Å². The number of para-hydroxylation sites is 1. The number of non-ortho nitro benzene ring substituents is 1. The van der Waals surface area contributed by atoms with Crippen LogP contribution in [0.2, 0.25) is 0 Å². The highest BCUT2D eigenvalue weighted by Crippen LogP contribution is 2.40. The number of hydrogen-bond donors (Lipinski definition) is 1. The van der Waals surface area contributed by atoms with E-state index < -0.39 is 41.0 Å². The van der Waals surface area contributed by atoms with E-state index in [-0.39, 0.29) is 39.9 Å². The molecule has 0 radical (unpaired) electrons. The lowest BCUT2D eigenvalue weighted by Crippen LogP contribution is -2.33. The number of hydrogen-bond acceptors (Lipinski definition) is 8. The monoisotopic (exact) mass is 567 g/mol. The van der Waals surface area contributed by atoms with Gasteiger partial charge in [-0.2, -0.15) is 0 Å². The number of imide groups is 1. The molecule has 1 heterocycles. The van der Waals surface area contributed by atoms with E-state index in [1.165, 1.54) is 54.6 Å². The van der Waals surface area contributed by atoms with Gasteiger partial charge in [-0.05, 0) is 68.3 Å². The molecule has 2 aliphatic rings. The summed E-state index contributed by atoms with van der Waals surface area (Å²) in [6.07, 6.45) is 2.98. The fraction of sp³-hybridized carbons (Fsp3) is 0.194. The minimum absolute atomic E-state index is 0.129. The van der Waals surface area contributed by atoms with Gasteiger partial charge in [0.05, 0.1) is 33.6 Å². The van der Waals surface area contributed by atoms with Gasteiger partial charge in [-0.3, -0.25) is 29.3 Å². The predicted octanol–water partition coefficient (Wildman–Crippen LogP) is 4.73. The Balaban J connectivity index is 1.22. The number of carbonyl (C=O) groups is 5. The van der Waals surface area contributed by atoms with Crippen LogP contribution in [0.25, 0.3) is 0 Å². The molecule has 0 bridgehead atoms. The molecule has 3 aromatic rings. The third-order valence-corrected chi connectivity index (χ3v) is 7.33. The first-order chi connectivity index (χ1) is 20.1. The van der Waals surface area contributed by atoms with E-state index in [9.17, 15) is 34.1 Å². The predicted molar refractivity (Wildman–Crippen MR) is 151 cm³/mol. The zero-order chi connectivity index (χ0) is 30.0. The Morgan fingerprint density at radius 2 is 1.57 bits per heavy atom. The van der Waals surface area contributed by atoms with Crippen molar-refractivity contribution in [3.05, 3.63) is 111 Å². The van der Waals surface area contributed by atoms with Crippen molar-refractivity contribution in [1.29, 1.82) is 0 Å². The van der Waals surface area contributed by atoms with Crippen molar-refractivity contribution >= 4 is 46.5 Å². The van der Waals surface area contributed by atoms with E-state index >= 15 is 0 Å². The van der Waals surface area contributed by atoms with Crippen LogP contribution >= 0.6 is 0 Å². The number of benzene rings is 3. The molecule has 11 nitrogen and oxygen atoms in total. The van der Waals surface area contributed by atoms with E-state index in [1.54, 1.807) is 18.2 Å². The van der Waals surface area contributed by atoms with Crippen LogP contribution in [0.1, 0.15) is 50.8 Å². The highest BCUT2D eigenvalue weighted by Gasteiger charge is 2.49. The van der Waals surface area contributed by atoms with Gasteiger partial charge in [0.15, 0.2) is 12.4 Å². The van der Waals surface area contributed by atoms with Crippen LogP contribution in [0.4, 0.5) is 17.1 Å². The maximum absolute atomic E-state index is 13.2. The molecule has 0 saturated carbocycles. The van der Waals surface area contributed by atoms with E-state index in [4.69, 9.17) is 4.74 Å². The fourth-order valence-corrected chi connectivity index (χ4v) is 5.09. The zero-order valence-corrected chi connectivity index (χ0v) is 22.4. The van der Waals surface area contributed by atoms with Crippen molar-refractivity contribution in [2.45, 2.75) is 19.8 Å². The van der Waals surface area contributed by atoms with Crippen molar-refractivity contribution in [2.24, 2.45) is 11.8 Å². The largest absolute Gasteiger partial charge is 0.454 e. The highest BCUT2D eigenvalue weighted by atomic mass is 16.6. The number of amides is 3. The van der Waals surface area contributed by atoms with Crippen molar-refractivity contribution in [2.75, 3.05) is 16.8 Å². The molecule has 0 aromatic heterocycles. The second-order valence-corrected chi connectivity index (χ2v) is 10.1. The number of ether oxygens (including phenoxy) is 1. The molecule has 1 aliphatic carbocycles. The van der Waals surface area contributed by atoms with Gasteiger partial charge >= 0.3 is 5.97 Å². The maximum atomic E-state index is 13.2. The molecule has 3 amide bonds. The number of anilines is 2. The van der Waals surface area contributed by atoms with Crippen molar-refractivity contribution in [1.82, 2.24) is 0 Å². The molecule has 1 N–H and O–H groups in total. The fourth-order valence-electron chi connectivity index (χ4n) is 5.09. The average molecular weight is 568 g/mol. The molecule has 11 heteroatoms. The Bertz CT molecular complexity index is 1640. The SMILES string of the molecule is CC1=CC[C@@H]2C(=O)N(c3ccccc3C(=O)Nc3ccc(C(=O)OCC(=O)c4ccc([N+](=O)[O-])cc4)cc3)C(=O)[C@H]2C1. The summed E-state index contributed by atoms with van der Waals surface area (Å²) in [6, 6.07) is 17.1. The molecule has 1 aliphatic heterocycles. The number of fused-ring (bicyclic) bond motifs is 1. The lowest BCUT2D eigenvalue weighted by atomic mass is 9.82. The Hall–Kier alpha value is -5.45. The number of nitrogens with zero attached hydrogens (tertiary/aromatic N) is 2. The van der Waals surface area contributed by atoms with E-state index in [1.807, 2.05) is 13.0 Å². The Morgan fingerprint density at radius 3 is 2.26 bits per heavy atom. The average Bonchev–Trinajstić information content (AvgIpc) is 3.24. The summed E-state index contributed by atoms with van der Waals surface area (Å²) >= 11 is 0. The van der Waals surface area contributed by atoms with Crippen molar-refractivity contribution in [3.8, 4) is 0 Å². The minimum Gasteiger partial charge on any atom is -0.454 e. The Morgan fingerprint density at radius 1 is 0.929 bits per heavy atom. The molecule has 3 aromatic carbocycles. The van der Waals surface area contributed by atoms with E-state index in [2.05, 4.69) is 5.32 Å². The van der Waals surface area contributed by atoms with Gasteiger partial charge in [-0.15, -0.1) is 0 Å². The van der Waals surface area contributed by atoms with Crippen LogP contribution in [0.5, 0.6) is 0 Å². The first-order valence-electron chi connectivity index (χ1n) is 13.1. The standard InChI is InChI=1S/C31H25N3O8/c1-18-6-15-23-25(16-18)30(38)33(29(23)37)26-5-3-2-4-24(26)28(36)32-21-11-7-20(8-12-21)31(39)42-17-27(35)19-9-13-22(14-10-19)34(40)41/h2-14,23,25H,15-17H2,1H3,(H,32,36)/t23-,25-/m0/s1. The number of ketones is 1. The number of carbonyl (C=O) groups excluding carboxylic acids is 5. The number of allylic oxidation sites excluding steroid dienone is 2. The normalized spacial score (nSPS) is 17.7. The first-order valence-corrected chi connectivity index (χ1v) is 13.1. The smallest absolute Gasteiger partial charge is 0.338 e. The number of Topliss-reactive ketones (excluding diaryl/α,β-unsaturated/α-hetero) is 1. The molecule has 1 saturated heterocycles. The van der Waals surface area contributed by atoms with Gasteiger partial charge in [-0.25, -0.2) is 9.69 Å². The molecule has 212 valence electrons. The molecule has 1 fully saturated rings. The second kappa shape index (κ2) is 11.6. The lowest BCUT2D eigenvalue weighted by molar-refractivity contribution is -0.384. The molecule has 5 rings (SSSR count). The van der Waals surface area contributed by atoms with Gasteiger partial charge in [0.25, 0.3) is 11.6 Å². The van der Waals surface area contributed by atoms with Gasteiger partial charge in [0.1, 0.15) is 0 Å². The topological polar surface area (TPSA) is 153 Å². The number of nitrogens with one attached hydrogen (secondary N) is 1. The molecular weight excluding hydrogens is 542 g/mol. The Kier molecular flexibility index (Phi) is 7.74. The zero-order valence-electron chi connectivity index (χ0n) is 22.4. The quantitative estimate of drug-likeness (QED) is 0.102. The third kappa shape index (κ3) is 5.57. The lowest BCUT2D eigenvalue weighted by Gasteiger charge is -2.19. The van der Waals surface area contributed by atoms with Gasteiger partial charge < -0.3 is 10.1 Å². The van der Waals surface area contributed by atoms with Gasteiger partial charge in [0, 0.05) is 23.4 Å². The summed E-state index contributed by atoms with van der Waals surface area (Å²) in [5, 5.41) is 13.5. The van der Waals surface area contributed by atoms with Crippen LogP contribution in [0.3, 0.4) is 0 Å². The highest BCUT2D eigenvalue weighted by molar-refractivity contribution is 6.25. The maximum Gasteiger partial charge on any atom is 0.338 e. The summed E-state index contributed by atoms with van der Waals surface area (Å²) in [4.78, 5) is 75.6. The van der Waals surface area contributed by atoms with Crippen LogP contribution < -0.4 is 10.2 Å². The van der Waals surface area contributed by atoms with Gasteiger partial charge in [-0.1, -0.05) is 23.8 Å². The number of nitro groups is 1. The first kappa shape index (κ1) is 28.1. The minimum atomic E-state index is -0.772. The number of rotatable bonds is 8. The van der Waals surface area contributed by atoms with Crippen LogP contribution in [-0.2, 0) is 14.3 Å². The van der Waals surface area contributed by atoms with E-state index in [0.717, 1.165) is 10.5 Å². The summed E-state index contributed by atoms with van der Waals surface area (Å²) < 4.78 is 5.07. The number of nitro benzene ring substituents is 1. The second-order valence-electron chi connectivity index (χ2n) is 10.1. The molecule has 0 spiro atoms. The Labute approximate surface area is 239 Å². The molecule has 42 heavy (non-hydrogen) atoms. The van der Waals surface area contributed by atoms with Crippen molar-refractivity contribution in [3.63, 3.8) is 0 Å². The third-order valence-electron chi connectivity index (χ3n) is 7.33. The summed E-state index contributed by atoms with van der Waals surface area (Å²) in [6.45, 7) is 1.38.